The molecular weight excluding hydrogens is 250 g/mol. The van der Waals surface area contributed by atoms with Crippen molar-refractivity contribution < 1.29 is 0 Å². The molecule has 0 aliphatic carbocycles. The van der Waals surface area contributed by atoms with Crippen LogP contribution in [0.3, 0.4) is 0 Å². The van der Waals surface area contributed by atoms with Crippen LogP contribution in [0.1, 0.15) is 37.7 Å². The van der Waals surface area contributed by atoms with Gasteiger partial charge in [0.1, 0.15) is 0 Å². The van der Waals surface area contributed by atoms with E-state index < -0.39 is 0 Å². The Hall–Kier alpha value is -1.62. The summed E-state index contributed by atoms with van der Waals surface area (Å²) < 4.78 is 4.06. The molecule has 0 saturated carbocycles. The zero-order chi connectivity index (χ0) is 14.5. The van der Waals surface area contributed by atoms with Gasteiger partial charge in [-0.1, -0.05) is 13.8 Å². The summed E-state index contributed by atoms with van der Waals surface area (Å²) in [4.78, 5) is 0. The largest absolute Gasteiger partial charge is 0.305 e. The second-order valence-electron chi connectivity index (χ2n) is 5.62. The van der Waals surface area contributed by atoms with Crippen LogP contribution in [-0.4, -0.2) is 19.6 Å². The Bertz CT molecular complexity index is 538. The summed E-state index contributed by atoms with van der Waals surface area (Å²) in [5.41, 5.74) is 3.59. The van der Waals surface area contributed by atoms with Crippen molar-refractivity contribution in [2.75, 3.05) is 0 Å². The average Bonchev–Trinajstić information content (AvgIpc) is 2.97. The minimum atomic E-state index is 0.622. The van der Waals surface area contributed by atoms with Crippen LogP contribution >= 0.6 is 0 Å². The molecule has 0 aliphatic heterocycles. The molecule has 1 N–H and O–H groups in total. The van der Waals surface area contributed by atoms with E-state index in [1.807, 2.05) is 15.6 Å². The Morgan fingerprint density at radius 1 is 1.30 bits per heavy atom. The predicted molar refractivity (Wildman–Crippen MR) is 80.2 cm³/mol. The molecule has 0 amide bonds. The van der Waals surface area contributed by atoms with E-state index in [2.05, 4.69) is 55.5 Å². The molecule has 0 bridgehead atoms. The van der Waals surface area contributed by atoms with Gasteiger partial charge in [0, 0.05) is 32.4 Å². The molecule has 0 spiro atoms. The maximum atomic E-state index is 4.57. The van der Waals surface area contributed by atoms with Crippen LogP contribution in [0.5, 0.6) is 0 Å². The van der Waals surface area contributed by atoms with Gasteiger partial charge in [-0.3, -0.25) is 9.36 Å². The third-order valence-electron chi connectivity index (χ3n) is 3.30. The molecule has 0 aromatic carbocycles. The Labute approximate surface area is 121 Å². The molecule has 2 heterocycles. The molecule has 110 valence electrons. The summed E-state index contributed by atoms with van der Waals surface area (Å²) in [5.74, 6) is 0.622. The van der Waals surface area contributed by atoms with Crippen molar-refractivity contribution in [3.05, 3.63) is 35.4 Å². The summed E-state index contributed by atoms with van der Waals surface area (Å²) >= 11 is 0. The summed E-state index contributed by atoms with van der Waals surface area (Å²) in [6, 6.07) is 2.08. The van der Waals surface area contributed by atoms with Gasteiger partial charge in [-0.15, -0.1) is 0 Å². The normalized spacial score (nSPS) is 11.4. The van der Waals surface area contributed by atoms with E-state index in [9.17, 15) is 0 Å². The zero-order valence-corrected chi connectivity index (χ0v) is 12.9. The van der Waals surface area contributed by atoms with Gasteiger partial charge in [0.25, 0.3) is 0 Å². The number of hydrogen-bond acceptors (Lipinski definition) is 3. The van der Waals surface area contributed by atoms with Crippen LogP contribution in [0, 0.1) is 12.8 Å². The SMILES string of the molecule is CCn1ncc(C)c1CNCc1ccn(CC(C)C)n1. The summed E-state index contributed by atoms with van der Waals surface area (Å²) in [6.07, 6.45) is 3.98. The molecule has 2 aromatic rings. The second kappa shape index (κ2) is 6.70. The quantitative estimate of drug-likeness (QED) is 0.844. The van der Waals surface area contributed by atoms with Gasteiger partial charge in [-0.05, 0) is 31.4 Å². The topological polar surface area (TPSA) is 47.7 Å². The summed E-state index contributed by atoms with van der Waals surface area (Å²) in [6.45, 7) is 12.1. The Balaban J connectivity index is 1.86. The first-order chi connectivity index (χ1) is 9.60. The number of rotatable bonds is 7. The van der Waals surface area contributed by atoms with E-state index in [-0.39, 0.29) is 0 Å². The number of nitrogens with zero attached hydrogens (tertiary/aromatic N) is 4. The summed E-state index contributed by atoms with van der Waals surface area (Å²) in [5, 5.41) is 12.4. The fourth-order valence-corrected chi connectivity index (χ4v) is 2.29. The van der Waals surface area contributed by atoms with Crippen LogP contribution in [0.15, 0.2) is 18.5 Å². The lowest BCUT2D eigenvalue weighted by Crippen LogP contribution is -2.17. The fraction of sp³-hybridized carbons (Fsp3) is 0.600. The Kier molecular flexibility index (Phi) is 4.95. The van der Waals surface area contributed by atoms with Crippen molar-refractivity contribution in [3.63, 3.8) is 0 Å². The first kappa shape index (κ1) is 14.8. The molecule has 2 aromatic heterocycles. The van der Waals surface area contributed by atoms with E-state index in [0.29, 0.717) is 5.92 Å². The zero-order valence-electron chi connectivity index (χ0n) is 12.9. The minimum absolute atomic E-state index is 0.622. The van der Waals surface area contributed by atoms with Crippen molar-refractivity contribution in [2.24, 2.45) is 5.92 Å². The average molecular weight is 275 g/mol. The van der Waals surface area contributed by atoms with Crippen LogP contribution < -0.4 is 5.32 Å². The van der Waals surface area contributed by atoms with E-state index in [1.165, 1.54) is 11.3 Å². The van der Waals surface area contributed by atoms with Gasteiger partial charge in [0.2, 0.25) is 0 Å². The standard InChI is InChI=1S/C15H25N5/c1-5-20-15(13(4)8-17-20)10-16-9-14-6-7-19(18-14)11-12(2)3/h6-8,12,16H,5,9-11H2,1-4H3. The highest BCUT2D eigenvalue weighted by atomic mass is 15.3. The van der Waals surface area contributed by atoms with Gasteiger partial charge in [-0.2, -0.15) is 10.2 Å². The third-order valence-corrected chi connectivity index (χ3v) is 3.30. The van der Waals surface area contributed by atoms with Gasteiger partial charge >= 0.3 is 0 Å². The van der Waals surface area contributed by atoms with Gasteiger partial charge in [-0.25, -0.2) is 0 Å². The van der Waals surface area contributed by atoms with Gasteiger partial charge in [0.15, 0.2) is 0 Å². The van der Waals surface area contributed by atoms with E-state index >= 15 is 0 Å². The molecule has 0 aliphatic rings. The van der Waals surface area contributed by atoms with Crippen LogP contribution in [0.4, 0.5) is 0 Å². The van der Waals surface area contributed by atoms with Gasteiger partial charge in [0.05, 0.1) is 17.6 Å². The highest BCUT2D eigenvalue weighted by Gasteiger charge is 2.06. The van der Waals surface area contributed by atoms with E-state index in [0.717, 1.165) is 31.9 Å². The number of hydrogen-bond donors (Lipinski definition) is 1. The molecule has 5 nitrogen and oxygen atoms in total. The first-order valence-corrected chi connectivity index (χ1v) is 7.34. The molecule has 0 atom stereocenters. The second-order valence-corrected chi connectivity index (χ2v) is 5.62. The molecule has 2 rings (SSSR count). The molecule has 0 fully saturated rings. The lowest BCUT2D eigenvalue weighted by molar-refractivity contribution is 0.477. The molecule has 0 unspecified atom stereocenters. The monoisotopic (exact) mass is 275 g/mol. The number of aryl methyl sites for hydroxylation is 2. The highest BCUT2D eigenvalue weighted by molar-refractivity contribution is 5.15. The lowest BCUT2D eigenvalue weighted by atomic mass is 10.2. The first-order valence-electron chi connectivity index (χ1n) is 7.34. The Morgan fingerprint density at radius 2 is 2.10 bits per heavy atom. The van der Waals surface area contributed by atoms with Crippen molar-refractivity contribution in [2.45, 2.75) is 53.9 Å². The van der Waals surface area contributed by atoms with Crippen molar-refractivity contribution >= 4 is 0 Å². The van der Waals surface area contributed by atoms with Crippen molar-refractivity contribution in [3.8, 4) is 0 Å². The van der Waals surface area contributed by atoms with E-state index in [4.69, 9.17) is 0 Å². The van der Waals surface area contributed by atoms with Crippen LogP contribution in [0.2, 0.25) is 0 Å². The maximum Gasteiger partial charge on any atom is 0.0762 e. The van der Waals surface area contributed by atoms with Crippen molar-refractivity contribution in [1.29, 1.82) is 0 Å². The van der Waals surface area contributed by atoms with Crippen LogP contribution in [0.25, 0.3) is 0 Å². The number of nitrogens with one attached hydrogen (secondary N) is 1. The molecule has 0 saturated heterocycles. The predicted octanol–water partition coefficient (Wildman–Crippen LogP) is 2.35. The third kappa shape index (κ3) is 3.70. The van der Waals surface area contributed by atoms with E-state index in [1.54, 1.807) is 0 Å². The highest BCUT2D eigenvalue weighted by Crippen LogP contribution is 2.07. The number of aromatic nitrogens is 4. The molecule has 20 heavy (non-hydrogen) atoms. The smallest absolute Gasteiger partial charge is 0.0762 e. The molecule has 5 heteroatoms. The van der Waals surface area contributed by atoms with Crippen molar-refractivity contribution in [1.82, 2.24) is 24.9 Å². The van der Waals surface area contributed by atoms with Crippen LogP contribution in [-0.2, 0) is 26.2 Å². The lowest BCUT2D eigenvalue weighted by Gasteiger charge is -2.07. The Morgan fingerprint density at radius 3 is 2.80 bits per heavy atom. The fourth-order valence-electron chi connectivity index (χ4n) is 2.29. The summed E-state index contributed by atoms with van der Waals surface area (Å²) in [7, 11) is 0. The maximum absolute atomic E-state index is 4.57. The van der Waals surface area contributed by atoms with Gasteiger partial charge < -0.3 is 5.32 Å². The molecular formula is C15H25N5. The minimum Gasteiger partial charge on any atom is -0.305 e. The molecule has 0 radical (unpaired) electrons.